The van der Waals surface area contributed by atoms with Crippen molar-refractivity contribution < 1.29 is 9.53 Å². The Labute approximate surface area is 143 Å². The lowest BCUT2D eigenvalue weighted by Crippen LogP contribution is -2.15. The van der Waals surface area contributed by atoms with Gasteiger partial charge in [0, 0.05) is 24.8 Å². The average molecular weight is 341 g/mol. The minimum absolute atomic E-state index is 0.151. The number of amides is 1. The van der Waals surface area contributed by atoms with E-state index < -0.39 is 0 Å². The van der Waals surface area contributed by atoms with Crippen molar-refractivity contribution in [3.8, 4) is 11.6 Å². The second kappa shape index (κ2) is 7.60. The van der Waals surface area contributed by atoms with E-state index >= 15 is 0 Å². The van der Waals surface area contributed by atoms with Gasteiger partial charge in [0.25, 0.3) is 0 Å². The van der Waals surface area contributed by atoms with Gasteiger partial charge < -0.3 is 10.1 Å². The van der Waals surface area contributed by atoms with Gasteiger partial charge in [-0.15, -0.1) is 0 Å². The first-order valence-corrected chi connectivity index (χ1v) is 8.13. The van der Waals surface area contributed by atoms with E-state index in [4.69, 9.17) is 4.74 Å². The van der Waals surface area contributed by atoms with Gasteiger partial charge in [0.15, 0.2) is 5.82 Å². The average Bonchev–Trinajstić information content (AvgIpc) is 3.15. The molecule has 3 aromatic rings. The van der Waals surface area contributed by atoms with E-state index in [1.807, 2.05) is 12.1 Å². The first kappa shape index (κ1) is 16.0. The Morgan fingerprint density at radius 1 is 1.21 bits per heavy atom. The number of carbonyl (C=O) groups is 1. The lowest BCUT2D eigenvalue weighted by molar-refractivity contribution is -0.113. The van der Waals surface area contributed by atoms with Crippen LogP contribution in [0.1, 0.15) is 0 Å². The first-order chi connectivity index (χ1) is 11.8. The molecule has 0 saturated heterocycles. The summed E-state index contributed by atoms with van der Waals surface area (Å²) in [6.45, 7) is 0. The molecule has 0 radical (unpaired) electrons. The third kappa shape index (κ3) is 3.72. The number of nitrogens with one attached hydrogen (secondary N) is 1. The minimum atomic E-state index is -0.151. The van der Waals surface area contributed by atoms with Gasteiger partial charge in [0.05, 0.1) is 18.6 Å². The number of aromatic nitrogens is 4. The molecule has 0 bridgehead atoms. The number of hydrogen-bond donors (Lipinski definition) is 1. The standard InChI is InChI=1S/C16H15N5O2S/c1-23-13-6-3-2-5-12(13)20-14(22)11-24-16-15(17-8-9-18-16)21-10-4-7-19-21/h2-10H,11H2,1H3,(H,20,22). The molecule has 0 unspecified atom stereocenters. The summed E-state index contributed by atoms with van der Waals surface area (Å²) in [5, 5.41) is 7.61. The van der Waals surface area contributed by atoms with Gasteiger partial charge in [0.1, 0.15) is 10.8 Å². The molecule has 2 aromatic heterocycles. The van der Waals surface area contributed by atoms with Gasteiger partial charge in [-0.3, -0.25) is 4.79 Å². The highest BCUT2D eigenvalue weighted by Gasteiger charge is 2.12. The van der Waals surface area contributed by atoms with E-state index in [-0.39, 0.29) is 11.7 Å². The molecule has 0 aliphatic heterocycles. The molecular formula is C16H15N5O2S. The molecule has 0 aliphatic carbocycles. The summed E-state index contributed by atoms with van der Waals surface area (Å²) in [5.41, 5.74) is 0.636. The largest absolute Gasteiger partial charge is 0.495 e. The lowest BCUT2D eigenvalue weighted by Gasteiger charge is -2.10. The van der Waals surface area contributed by atoms with Crippen LogP contribution in [0.25, 0.3) is 5.82 Å². The molecule has 1 aromatic carbocycles. The van der Waals surface area contributed by atoms with Crippen molar-refractivity contribution in [2.45, 2.75) is 5.03 Å². The highest BCUT2D eigenvalue weighted by Crippen LogP contribution is 2.25. The molecule has 122 valence electrons. The Morgan fingerprint density at radius 3 is 2.83 bits per heavy atom. The van der Waals surface area contributed by atoms with E-state index in [0.717, 1.165) is 0 Å². The Kier molecular flexibility index (Phi) is 5.07. The Bertz CT molecular complexity index is 823. The number of methoxy groups -OCH3 is 1. The number of hydrogen-bond acceptors (Lipinski definition) is 6. The molecule has 0 aliphatic rings. The summed E-state index contributed by atoms with van der Waals surface area (Å²) >= 11 is 1.30. The van der Waals surface area contributed by atoms with E-state index in [0.29, 0.717) is 22.3 Å². The summed E-state index contributed by atoms with van der Waals surface area (Å²) in [6, 6.07) is 9.07. The number of thioether (sulfide) groups is 1. The van der Waals surface area contributed by atoms with Crippen molar-refractivity contribution >= 4 is 23.4 Å². The van der Waals surface area contributed by atoms with Crippen LogP contribution in [-0.2, 0) is 4.79 Å². The first-order valence-electron chi connectivity index (χ1n) is 7.14. The smallest absolute Gasteiger partial charge is 0.234 e. The monoisotopic (exact) mass is 341 g/mol. The van der Waals surface area contributed by atoms with Crippen molar-refractivity contribution in [3.63, 3.8) is 0 Å². The zero-order valence-electron chi connectivity index (χ0n) is 12.9. The predicted molar refractivity (Wildman–Crippen MR) is 91.5 cm³/mol. The van der Waals surface area contributed by atoms with Crippen LogP contribution in [0.2, 0.25) is 0 Å². The van der Waals surface area contributed by atoms with Crippen molar-refractivity contribution in [3.05, 3.63) is 55.1 Å². The molecule has 3 rings (SSSR count). The van der Waals surface area contributed by atoms with Gasteiger partial charge in [-0.25, -0.2) is 14.6 Å². The van der Waals surface area contributed by atoms with Crippen LogP contribution < -0.4 is 10.1 Å². The van der Waals surface area contributed by atoms with Crippen LogP contribution in [-0.4, -0.2) is 38.5 Å². The van der Waals surface area contributed by atoms with Gasteiger partial charge in [-0.05, 0) is 18.2 Å². The van der Waals surface area contributed by atoms with E-state index in [9.17, 15) is 4.79 Å². The Balaban J connectivity index is 1.67. The Morgan fingerprint density at radius 2 is 2.04 bits per heavy atom. The Hall–Kier alpha value is -2.87. The molecule has 24 heavy (non-hydrogen) atoms. The number of para-hydroxylation sites is 2. The highest BCUT2D eigenvalue weighted by atomic mass is 32.2. The summed E-state index contributed by atoms with van der Waals surface area (Å²) in [6.07, 6.45) is 6.63. The van der Waals surface area contributed by atoms with Crippen LogP contribution in [0.4, 0.5) is 5.69 Å². The molecule has 7 nitrogen and oxygen atoms in total. The van der Waals surface area contributed by atoms with Crippen molar-refractivity contribution in [1.82, 2.24) is 19.7 Å². The molecule has 8 heteroatoms. The van der Waals surface area contributed by atoms with E-state index in [1.54, 1.807) is 54.8 Å². The van der Waals surface area contributed by atoms with Crippen molar-refractivity contribution in [2.75, 3.05) is 18.2 Å². The van der Waals surface area contributed by atoms with Crippen LogP contribution >= 0.6 is 11.8 Å². The quantitative estimate of drug-likeness (QED) is 0.693. The van der Waals surface area contributed by atoms with E-state index in [2.05, 4.69) is 20.4 Å². The van der Waals surface area contributed by atoms with Crippen molar-refractivity contribution in [1.29, 1.82) is 0 Å². The zero-order chi connectivity index (χ0) is 16.8. The summed E-state index contributed by atoms with van der Waals surface area (Å²) in [4.78, 5) is 20.8. The molecule has 1 amide bonds. The van der Waals surface area contributed by atoms with Gasteiger partial charge in [-0.1, -0.05) is 23.9 Å². The second-order valence-corrected chi connectivity index (χ2v) is 5.64. The molecule has 0 atom stereocenters. The van der Waals surface area contributed by atoms with Crippen LogP contribution in [0.3, 0.4) is 0 Å². The normalized spacial score (nSPS) is 10.4. The number of ether oxygens (including phenoxy) is 1. The third-order valence-corrected chi connectivity index (χ3v) is 4.06. The molecule has 0 fully saturated rings. The number of benzene rings is 1. The molecule has 2 heterocycles. The number of anilines is 1. The van der Waals surface area contributed by atoms with Gasteiger partial charge in [0.2, 0.25) is 5.91 Å². The van der Waals surface area contributed by atoms with Gasteiger partial charge >= 0.3 is 0 Å². The zero-order valence-corrected chi connectivity index (χ0v) is 13.7. The maximum Gasteiger partial charge on any atom is 0.234 e. The topological polar surface area (TPSA) is 81.9 Å². The number of nitrogens with zero attached hydrogens (tertiary/aromatic N) is 4. The van der Waals surface area contributed by atoms with E-state index in [1.165, 1.54) is 11.8 Å². The maximum absolute atomic E-state index is 12.2. The maximum atomic E-state index is 12.2. The lowest BCUT2D eigenvalue weighted by atomic mass is 10.3. The van der Waals surface area contributed by atoms with Crippen LogP contribution in [0, 0.1) is 0 Å². The minimum Gasteiger partial charge on any atom is -0.495 e. The third-order valence-electron chi connectivity index (χ3n) is 3.09. The predicted octanol–water partition coefficient (Wildman–Crippen LogP) is 2.40. The summed E-state index contributed by atoms with van der Waals surface area (Å²) in [7, 11) is 1.57. The number of carbonyl (C=O) groups excluding carboxylic acids is 1. The second-order valence-electron chi connectivity index (χ2n) is 4.67. The van der Waals surface area contributed by atoms with Crippen LogP contribution in [0.15, 0.2) is 60.1 Å². The fraction of sp³-hybridized carbons (Fsp3) is 0.125. The summed E-state index contributed by atoms with van der Waals surface area (Å²) < 4.78 is 6.84. The molecular weight excluding hydrogens is 326 g/mol. The van der Waals surface area contributed by atoms with Gasteiger partial charge in [-0.2, -0.15) is 5.10 Å². The molecule has 1 N–H and O–H groups in total. The fourth-order valence-electron chi connectivity index (χ4n) is 2.04. The molecule has 0 spiro atoms. The highest BCUT2D eigenvalue weighted by molar-refractivity contribution is 8.00. The van der Waals surface area contributed by atoms with Crippen molar-refractivity contribution in [2.24, 2.45) is 0 Å². The molecule has 0 saturated carbocycles. The number of rotatable bonds is 6. The van der Waals surface area contributed by atoms with Crippen LogP contribution in [0.5, 0.6) is 5.75 Å². The SMILES string of the molecule is COc1ccccc1NC(=O)CSc1nccnc1-n1cccn1. The fourth-order valence-corrected chi connectivity index (χ4v) is 2.79. The summed E-state index contributed by atoms with van der Waals surface area (Å²) in [5.74, 6) is 1.26.